The Hall–Kier alpha value is -2.88. The van der Waals surface area contributed by atoms with Crippen molar-refractivity contribution in [3.8, 4) is 5.75 Å². The third kappa shape index (κ3) is 2.43. The van der Waals surface area contributed by atoms with Gasteiger partial charge in [-0.25, -0.2) is 4.90 Å². The van der Waals surface area contributed by atoms with Crippen LogP contribution in [0.3, 0.4) is 0 Å². The molecule has 0 radical (unpaired) electrons. The number of amides is 2. The lowest BCUT2D eigenvalue weighted by molar-refractivity contribution is -0.120. The van der Waals surface area contributed by atoms with Crippen molar-refractivity contribution in [1.29, 1.82) is 0 Å². The number of phenols is 1. The van der Waals surface area contributed by atoms with Crippen LogP contribution in [-0.4, -0.2) is 16.9 Å². The van der Waals surface area contributed by atoms with E-state index < -0.39 is 0 Å². The molecule has 1 saturated heterocycles. The average Bonchev–Trinajstić information content (AvgIpc) is 2.77. The summed E-state index contributed by atoms with van der Waals surface area (Å²) in [6, 6.07) is 15.5. The van der Waals surface area contributed by atoms with Gasteiger partial charge in [-0.15, -0.1) is 0 Å². The van der Waals surface area contributed by atoms with Crippen molar-refractivity contribution in [1.82, 2.24) is 0 Å². The highest BCUT2D eigenvalue weighted by atomic mass is 16.3. The zero-order valence-electron chi connectivity index (χ0n) is 11.2. The van der Waals surface area contributed by atoms with Crippen molar-refractivity contribution < 1.29 is 14.7 Å². The van der Waals surface area contributed by atoms with E-state index in [1.807, 2.05) is 6.07 Å². The number of carbonyl (C=O) groups excluding carboxylic acids is 2. The van der Waals surface area contributed by atoms with Crippen LogP contribution in [0.5, 0.6) is 5.75 Å². The molecule has 3 rings (SSSR count). The van der Waals surface area contributed by atoms with Crippen LogP contribution in [-0.2, 0) is 9.59 Å². The first-order chi connectivity index (χ1) is 10.2. The number of hydrogen-bond acceptors (Lipinski definition) is 3. The van der Waals surface area contributed by atoms with Gasteiger partial charge in [-0.2, -0.15) is 0 Å². The minimum absolute atomic E-state index is 0.0437. The lowest BCUT2D eigenvalue weighted by Gasteiger charge is -2.12. The van der Waals surface area contributed by atoms with E-state index in [-0.39, 0.29) is 24.0 Å². The highest BCUT2D eigenvalue weighted by molar-refractivity contribution is 6.29. The molecule has 4 heteroatoms. The van der Waals surface area contributed by atoms with Gasteiger partial charge in [0.1, 0.15) is 5.75 Å². The van der Waals surface area contributed by atoms with E-state index in [0.29, 0.717) is 16.8 Å². The van der Waals surface area contributed by atoms with E-state index in [0.717, 1.165) is 0 Å². The fourth-order valence-corrected chi connectivity index (χ4v) is 2.32. The van der Waals surface area contributed by atoms with Gasteiger partial charge < -0.3 is 5.11 Å². The molecule has 1 fully saturated rings. The molecule has 1 N–H and O–H groups in total. The number of aromatic hydroxyl groups is 1. The van der Waals surface area contributed by atoms with E-state index >= 15 is 0 Å². The summed E-state index contributed by atoms with van der Waals surface area (Å²) in [5, 5.41) is 9.75. The predicted octanol–water partition coefficient (Wildman–Crippen LogP) is 2.74. The molecule has 1 aliphatic heterocycles. The van der Waals surface area contributed by atoms with Gasteiger partial charge in [-0.3, -0.25) is 9.59 Å². The van der Waals surface area contributed by atoms with Crippen molar-refractivity contribution in [2.45, 2.75) is 6.42 Å². The monoisotopic (exact) mass is 279 g/mol. The van der Waals surface area contributed by atoms with Gasteiger partial charge >= 0.3 is 0 Å². The van der Waals surface area contributed by atoms with Crippen LogP contribution in [0.2, 0.25) is 0 Å². The van der Waals surface area contributed by atoms with Crippen LogP contribution >= 0.6 is 0 Å². The SMILES string of the molecule is O=C1CC(=Cc2ccccc2O)C(=O)N1c1ccccc1. The molecule has 0 atom stereocenters. The summed E-state index contributed by atoms with van der Waals surface area (Å²) in [4.78, 5) is 25.6. The number of nitrogens with zero attached hydrogens (tertiary/aromatic N) is 1. The van der Waals surface area contributed by atoms with Crippen molar-refractivity contribution in [3.63, 3.8) is 0 Å². The maximum Gasteiger partial charge on any atom is 0.261 e. The number of hydrogen-bond donors (Lipinski definition) is 1. The molecule has 0 bridgehead atoms. The Balaban J connectivity index is 1.96. The second-order valence-electron chi connectivity index (χ2n) is 4.78. The number of benzene rings is 2. The summed E-state index contributed by atoms with van der Waals surface area (Å²) in [6.07, 6.45) is 1.61. The molecular weight excluding hydrogens is 266 g/mol. The highest BCUT2D eigenvalue weighted by Gasteiger charge is 2.34. The summed E-state index contributed by atoms with van der Waals surface area (Å²) in [5.74, 6) is -0.509. The number of anilines is 1. The van der Waals surface area contributed by atoms with Gasteiger partial charge in [0, 0.05) is 11.1 Å². The number of carbonyl (C=O) groups is 2. The first-order valence-electron chi connectivity index (χ1n) is 6.58. The lowest BCUT2D eigenvalue weighted by atomic mass is 10.1. The van der Waals surface area contributed by atoms with Gasteiger partial charge in [-0.05, 0) is 24.3 Å². The Morgan fingerprint density at radius 3 is 2.33 bits per heavy atom. The average molecular weight is 279 g/mol. The van der Waals surface area contributed by atoms with E-state index in [9.17, 15) is 14.7 Å². The highest BCUT2D eigenvalue weighted by Crippen LogP contribution is 2.28. The molecule has 1 aliphatic rings. The molecular formula is C17H13NO3. The van der Waals surface area contributed by atoms with Crippen molar-refractivity contribution in [3.05, 3.63) is 65.7 Å². The second-order valence-corrected chi connectivity index (χ2v) is 4.78. The van der Waals surface area contributed by atoms with Crippen molar-refractivity contribution >= 4 is 23.6 Å². The predicted molar refractivity (Wildman–Crippen MR) is 79.6 cm³/mol. The maximum atomic E-state index is 12.4. The van der Waals surface area contributed by atoms with Crippen LogP contribution in [0.15, 0.2) is 60.2 Å². The molecule has 0 aromatic heterocycles. The fraction of sp³-hybridized carbons (Fsp3) is 0.0588. The van der Waals surface area contributed by atoms with Crippen LogP contribution in [0.1, 0.15) is 12.0 Å². The minimum Gasteiger partial charge on any atom is -0.507 e. The first-order valence-corrected chi connectivity index (χ1v) is 6.58. The molecule has 104 valence electrons. The number of para-hydroxylation sites is 2. The largest absolute Gasteiger partial charge is 0.507 e. The van der Waals surface area contributed by atoms with Gasteiger partial charge in [-0.1, -0.05) is 36.4 Å². The third-order valence-corrected chi connectivity index (χ3v) is 3.35. The molecule has 2 aromatic carbocycles. The number of rotatable bonds is 2. The Bertz CT molecular complexity index is 735. The van der Waals surface area contributed by atoms with Crippen molar-refractivity contribution in [2.75, 3.05) is 4.90 Å². The molecule has 0 saturated carbocycles. The molecule has 0 aliphatic carbocycles. The molecule has 2 amide bonds. The topological polar surface area (TPSA) is 57.6 Å². The summed E-state index contributed by atoms with van der Waals surface area (Å²) in [7, 11) is 0. The van der Waals surface area contributed by atoms with E-state index in [1.165, 1.54) is 4.90 Å². The normalized spacial score (nSPS) is 16.8. The fourth-order valence-electron chi connectivity index (χ4n) is 2.32. The second kappa shape index (κ2) is 5.25. The lowest BCUT2D eigenvalue weighted by Crippen LogP contribution is -2.28. The zero-order valence-corrected chi connectivity index (χ0v) is 11.2. The van der Waals surface area contributed by atoms with Crippen molar-refractivity contribution in [2.24, 2.45) is 0 Å². The summed E-state index contributed by atoms with van der Waals surface area (Å²) in [5.41, 5.74) is 1.47. The van der Waals surface area contributed by atoms with E-state index in [1.54, 1.807) is 54.6 Å². The van der Waals surface area contributed by atoms with Gasteiger partial charge in [0.25, 0.3) is 5.91 Å². The smallest absolute Gasteiger partial charge is 0.261 e. The standard InChI is InChI=1S/C17H13NO3/c19-15-9-5-4-6-12(15)10-13-11-16(20)18(17(13)21)14-7-2-1-3-8-14/h1-10,19H,11H2. The quantitative estimate of drug-likeness (QED) is 0.679. The maximum absolute atomic E-state index is 12.4. The zero-order chi connectivity index (χ0) is 14.8. The van der Waals surface area contributed by atoms with Crippen LogP contribution in [0.4, 0.5) is 5.69 Å². The molecule has 2 aromatic rings. The van der Waals surface area contributed by atoms with Gasteiger partial charge in [0.2, 0.25) is 5.91 Å². The molecule has 0 unspecified atom stereocenters. The summed E-state index contributed by atoms with van der Waals surface area (Å²) < 4.78 is 0. The molecule has 0 spiro atoms. The minimum atomic E-state index is -0.338. The van der Waals surface area contributed by atoms with Crippen LogP contribution in [0, 0.1) is 0 Å². The Morgan fingerprint density at radius 2 is 1.62 bits per heavy atom. The van der Waals surface area contributed by atoms with Crippen LogP contribution in [0.25, 0.3) is 6.08 Å². The van der Waals surface area contributed by atoms with Crippen LogP contribution < -0.4 is 4.90 Å². The number of phenolic OH excluding ortho intramolecular Hbond substituents is 1. The summed E-state index contributed by atoms with van der Waals surface area (Å²) >= 11 is 0. The molecule has 4 nitrogen and oxygen atoms in total. The third-order valence-electron chi connectivity index (χ3n) is 3.35. The van der Waals surface area contributed by atoms with Gasteiger partial charge in [0.05, 0.1) is 12.1 Å². The molecule has 1 heterocycles. The Morgan fingerprint density at radius 1 is 0.952 bits per heavy atom. The van der Waals surface area contributed by atoms with E-state index in [2.05, 4.69) is 0 Å². The number of imide groups is 1. The first kappa shape index (κ1) is 13.1. The Kier molecular flexibility index (Phi) is 3.28. The Labute approximate surface area is 121 Å². The summed E-state index contributed by atoms with van der Waals surface area (Å²) in [6.45, 7) is 0. The van der Waals surface area contributed by atoms with Gasteiger partial charge in [0.15, 0.2) is 0 Å². The van der Waals surface area contributed by atoms with E-state index in [4.69, 9.17) is 0 Å². The molecule has 21 heavy (non-hydrogen) atoms.